The number of carboxylic acid groups (broad SMARTS) is 1. The minimum absolute atomic E-state index is 0.0787. The van der Waals surface area contributed by atoms with Gasteiger partial charge in [0.15, 0.2) is 17.4 Å². The number of hydrogen-bond donors (Lipinski definition) is 3. The largest absolute Gasteiger partial charge is 0.503 e. The summed E-state index contributed by atoms with van der Waals surface area (Å²) in [5.74, 6) is -3.48. The molecule has 1 unspecified atom stereocenters. The minimum atomic E-state index is -1.22. The molecule has 0 saturated heterocycles. The summed E-state index contributed by atoms with van der Waals surface area (Å²) >= 11 is 6.07. The van der Waals surface area contributed by atoms with Crippen molar-refractivity contribution in [3.63, 3.8) is 0 Å². The Kier molecular flexibility index (Phi) is 8.08. The summed E-state index contributed by atoms with van der Waals surface area (Å²) in [6, 6.07) is 12.9. The summed E-state index contributed by atoms with van der Waals surface area (Å²) < 4.78 is 10.2. The van der Waals surface area contributed by atoms with Gasteiger partial charge in [0.1, 0.15) is 19.0 Å². The van der Waals surface area contributed by atoms with E-state index in [1.807, 2.05) is 20.8 Å². The van der Waals surface area contributed by atoms with Crippen molar-refractivity contribution in [1.29, 1.82) is 0 Å². The highest BCUT2D eigenvalue weighted by molar-refractivity contribution is 6.30. The second kappa shape index (κ2) is 11.3. The molecule has 1 aliphatic heterocycles. The number of aliphatic carboxylic acids is 1. The molecule has 2 aromatic carbocycles. The Morgan fingerprint density at radius 2 is 1.80 bits per heavy atom. The topological polar surface area (TPSA) is 159 Å². The number of Topliss-reactive ketones (excluding diaryl/α,β-unsaturated/α-hetero) is 1. The smallest absolute Gasteiger partial charge is 0.329 e. The number of hydrogen-bond acceptors (Lipinski definition) is 8. The fraction of sp³-hybridized carbons (Fsp3) is 0.250. The lowest BCUT2D eigenvalue weighted by atomic mass is 9.92. The van der Waals surface area contributed by atoms with E-state index in [0.717, 1.165) is 0 Å². The highest BCUT2D eigenvalue weighted by Crippen LogP contribution is 2.42. The van der Waals surface area contributed by atoms with Crippen LogP contribution in [0.3, 0.4) is 0 Å². The molecule has 1 aromatic heterocycles. The van der Waals surface area contributed by atoms with Crippen LogP contribution in [0.15, 0.2) is 70.5 Å². The van der Waals surface area contributed by atoms with Crippen molar-refractivity contribution in [2.75, 3.05) is 23.4 Å². The quantitative estimate of drug-likeness (QED) is 0.317. The van der Waals surface area contributed by atoms with Crippen LogP contribution in [-0.4, -0.2) is 52.2 Å². The molecule has 2 heterocycles. The highest BCUT2D eigenvalue weighted by Gasteiger charge is 2.46. The number of rotatable bonds is 9. The molecule has 0 fully saturated rings. The number of halogens is 1. The van der Waals surface area contributed by atoms with Crippen LogP contribution in [-0.2, 0) is 24.5 Å². The third-order valence-corrected chi connectivity index (χ3v) is 6.24. The van der Waals surface area contributed by atoms with Crippen molar-refractivity contribution < 1.29 is 38.7 Å². The number of ether oxygens (including phenoxy) is 1. The third kappa shape index (κ3) is 6.05. The van der Waals surface area contributed by atoms with Crippen LogP contribution in [0.1, 0.15) is 48.5 Å². The van der Waals surface area contributed by atoms with Gasteiger partial charge in [0.25, 0.3) is 5.91 Å². The van der Waals surface area contributed by atoms with Gasteiger partial charge >= 0.3 is 5.97 Å². The molecular weight excluding hydrogens is 542 g/mol. The molecule has 40 heavy (non-hydrogen) atoms. The average Bonchev–Trinajstić information content (AvgIpc) is 3.47. The van der Waals surface area contributed by atoms with Gasteiger partial charge in [-0.2, -0.15) is 0 Å². The number of amides is 2. The summed E-state index contributed by atoms with van der Waals surface area (Å²) in [5, 5.41) is 26.6. The summed E-state index contributed by atoms with van der Waals surface area (Å²) in [5.41, 5.74) is 0.188. The van der Waals surface area contributed by atoms with Crippen LogP contribution >= 0.6 is 11.6 Å². The average molecular weight is 568 g/mol. The first-order valence-electron chi connectivity index (χ1n) is 12.1. The van der Waals surface area contributed by atoms with Crippen molar-refractivity contribution in [2.24, 2.45) is 0 Å². The fourth-order valence-electron chi connectivity index (χ4n) is 4.09. The van der Waals surface area contributed by atoms with Crippen LogP contribution in [0.5, 0.6) is 0 Å². The number of nitrogens with one attached hydrogen (secondary N) is 1. The van der Waals surface area contributed by atoms with Crippen molar-refractivity contribution in [1.82, 2.24) is 5.16 Å². The monoisotopic (exact) mass is 567 g/mol. The highest BCUT2D eigenvalue weighted by atomic mass is 35.5. The number of nitrogens with zero attached hydrogens (tertiary/aromatic N) is 2. The van der Waals surface area contributed by atoms with E-state index < -0.39 is 54.0 Å². The van der Waals surface area contributed by atoms with Crippen LogP contribution in [0.25, 0.3) is 0 Å². The summed E-state index contributed by atoms with van der Waals surface area (Å²) in [7, 11) is 0. The number of benzene rings is 2. The number of carboxylic acids is 1. The van der Waals surface area contributed by atoms with Gasteiger partial charge in [0.05, 0.1) is 11.6 Å². The van der Waals surface area contributed by atoms with E-state index in [4.69, 9.17) is 26.0 Å². The molecule has 12 heteroatoms. The molecule has 208 valence electrons. The molecule has 1 atom stereocenters. The maximum absolute atomic E-state index is 13.8. The molecular formula is C28H26ClN3O8. The normalized spacial score (nSPS) is 15.4. The van der Waals surface area contributed by atoms with E-state index in [2.05, 4.69) is 10.5 Å². The zero-order valence-corrected chi connectivity index (χ0v) is 22.6. The van der Waals surface area contributed by atoms with E-state index in [-0.39, 0.29) is 22.6 Å². The Balaban J connectivity index is 1.69. The van der Waals surface area contributed by atoms with E-state index >= 15 is 0 Å². The van der Waals surface area contributed by atoms with E-state index in [1.54, 1.807) is 30.3 Å². The first-order valence-corrected chi connectivity index (χ1v) is 12.5. The van der Waals surface area contributed by atoms with E-state index in [9.17, 15) is 24.3 Å². The zero-order chi connectivity index (χ0) is 29.2. The van der Waals surface area contributed by atoms with E-state index in [1.165, 1.54) is 29.2 Å². The molecule has 3 N–H and O–H groups in total. The Hall–Kier alpha value is -4.48. The Labute approximate surface area is 234 Å². The lowest BCUT2D eigenvalue weighted by molar-refractivity contribution is -0.143. The molecule has 0 aliphatic carbocycles. The van der Waals surface area contributed by atoms with Crippen molar-refractivity contribution in [3.05, 3.63) is 87.8 Å². The molecule has 0 saturated carbocycles. The fourth-order valence-corrected chi connectivity index (χ4v) is 4.21. The second-order valence-electron chi connectivity index (χ2n) is 10.0. The van der Waals surface area contributed by atoms with E-state index in [0.29, 0.717) is 16.3 Å². The SMILES string of the molecule is CC(C)(C)c1cc(N2C(=O)C(O)=C(C(=O)c3cccc(NC(=O)COCC(=O)O)c3)C2c2ccc(Cl)cc2)no1. The van der Waals surface area contributed by atoms with Gasteiger partial charge in [-0.1, -0.05) is 61.8 Å². The van der Waals surface area contributed by atoms with Gasteiger partial charge in [0, 0.05) is 27.8 Å². The number of aromatic nitrogens is 1. The number of aliphatic hydroxyl groups excluding tert-OH is 1. The Bertz CT molecular complexity index is 1500. The molecule has 3 aromatic rings. The van der Waals surface area contributed by atoms with Crippen LogP contribution in [0.2, 0.25) is 5.02 Å². The van der Waals surface area contributed by atoms with Crippen molar-refractivity contribution in [2.45, 2.75) is 32.2 Å². The Morgan fingerprint density at radius 3 is 2.42 bits per heavy atom. The van der Waals surface area contributed by atoms with Gasteiger partial charge in [0.2, 0.25) is 5.91 Å². The zero-order valence-electron chi connectivity index (χ0n) is 21.8. The summed E-state index contributed by atoms with van der Waals surface area (Å²) in [6.07, 6.45) is 0. The molecule has 2 amide bonds. The third-order valence-electron chi connectivity index (χ3n) is 5.99. The number of anilines is 2. The molecule has 1 aliphatic rings. The standard InChI is InChI=1S/C28H26ClN3O8/c1-28(2,3)19-12-20(31-40-19)32-24(15-7-9-17(29)10-8-15)23(26(37)27(32)38)25(36)16-5-4-6-18(11-16)30-21(33)13-39-14-22(34)35/h4-12,24,37H,13-14H2,1-3H3,(H,30,33)(H,34,35). The summed E-state index contributed by atoms with van der Waals surface area (Å²) in [6.45, 7) is 4.59. The lowest BCUT2D eigenvalue weighted by Crippen LogP contribution is -2.31. The number of aliphatic hydroxyl groups is 1. The molecule has 11 nitrogen and oxygen atoms in total. The molecule has 0 spiro atoms. The van der Waals surface area contributed by atoms with Gasteiger partial charge in [-0.25, -0.2) is 4.79 Å². The number of carbonyl (C=O) groups is 4. The molecule has 4 rings (SSSR count). The predicted molar refractivity (Wildman–Crippen MR) is 144 cm³/mol. The second-order valence-corrected chi connectivity index (χ2v) is 10.5. The summed E-state index contributed by atoms with van der Waals surface area (Å²) in [4.78, 5) is 51.1. The number of carbonyl (C=O) groups excluding carboxylic acids is 3. The van der Waals surface area contributed by atoms with Gasteiger partial charge < -0.3 is 24.8 Å². The van der Waals surface area contributed by atoms with Crippen LogP contribution < -0.4 is 10.2 Å². The van der Waals surface area contributed by atoms with Crippen molar-refractivity contribution in [3.8, 4) is 0 Å². The van der Waals surface area contributed by atoms with Gasteiger partial charge in [-0.3, -0.25) is 19.3 Å². The number of ketones is 1. The maximum atomic E-state index is 13.8. The van der Waals surface area contributed by atoms with Crippen molar-refractivity contribution >= 4 is 46.7 Å². The van der Waals surface area contributed by atoms with Gasteiger partial charge in [-0.05, 0) is 29.8 Å². The maximum Gasteiger partial charge on any atom is 0.329 e. The van der Waals surface area contributed by atoms with Crippen LogP contribution in [0.4, 0.5) is 11.5 Å². The van der Waals surface area contributed by atoms with Crippen LogP contribution in [0, 0.1) is 0 Å². The molecule has 0 radical (unpaired) electrons. The first kappa shape index (κ1) is 28.5. The molecule has 0 bridgehead atoms. The first-order chi connectivity index (χ1) is 18.9. The minimum Gasteiger partial charge on any atom is -0.503 e. The van der Waals surface area contributed by atoms with Gasteiger partial charge in [-0.15, -0.1) is 0 Å². The lowest BCUT2D eigenvalue weighted by Gasteiger charge is -2.24. The Morgan fingerprint density at radius 1 is 1.10 bits per heavy atom. The predicted octanol–water partition coefficient (Wildman–Crippen LogP) is 4.45.